The SMILES string of the molecule is CCCNc1nc(CCC)nc(C2CCCC2)c1Br. The van der Waals surface area contributed by atoms with Crippen LogP contribution in [0.15, 0.2) is 4.47 Å². The second-order valence-electron chi connectivity index (χ2n) is 5.35. The average Bonchev–Trinajstić information content (AvgIpc) is 2.93. The van der Waals surface area contributed by atoms with Crippen LogP contribution in [0.3, 0.4) is 0 Å². The third kappa shape index (κ3) is 3.68. The molecule has 2 rings (SSSR count). The fourth-order valence-corrected chi connectivity index (χ4v) is 3.32. The molecule has 1 aliphatic rings. The first-order chi connectivity index (χ1) is 9.26. The number of nitrogens with one attached hydrogen (secondary N) is 1. The Bertz CT molecular complexity index is 414. The summed E-state index contributed by atoms with van der Waals surface area (Å²) in [7, 11) is 0. The smallest absolute Gasteiger partial charge is 0.144 e. The number of nitrogens with zero attached hydrogens (tertiary/aromatic N) is 2. The minimum Gasteiger partial charge on any atom is -0.369 e. The molecule has 3 nitrogen and oxygen atoms in total. The standard InChI is InChI=1S/C15H24BrN3/c1-3-7-12-18-14(11-8-5-6-9-11)13(16)15(19-12)17-10-4-2/h11H,3-10H2,1-2H3,(H,17,18,19). The first-order valence-corrected chi connectivity index (χ1v) is 8.35. The lowest BCUT2D eigenvalue weighted by molar-refractivity contribution is 0.675. The summed E-state index contributed by atoms with van der Waals surface area (Å²) in [5, 5.41) is 3.43. The monoisotopic (exact) mass is 325 g/mol. The molecule has 0 aromatic carbocycles. The van der Waals surface area contributed by atoms with Crippen LogP contribution >= 0.6 is 15.9 Å². The highest BCUT2D eigenvalue weighted by Crippen LogP contribution is 2.38. The van der Waals surface area contributed by atoms with Crippen molar-refractivity contribution in [3.8, 4) is 0 Å². The van der Waals surface area contributed by atoms with Crippen LogP contribution in [-0.4, -0.2) is 16.5 Å². The van der Waals surface area contributed by atoms with E-state index in [1.54, 1.807) is 0 Å². The van der Waals surface area contributed by atoms with Crippen molar-refractivity contribution in [3.05, 3.63) is 16.0 Å². The molecule has 1 aliphatic carbocycles. The second kappa shape index (κ2) is 7.22. The summed E-state index contributed by atoms with van der Waals surface area (Å²) >= 11 is 3.72. The third-order valence-electron chi connectivity index (χ3n) is 3.68. The molecule has 1 N–H and O–H groups in total. The van der Waals surface area contributed by atoms with Gasteiger partial charge in [-0.2, -0.15) is 0 Å². The van der Waals surface area contributed by atoms with Gasteiger partial charge in [0.15, 0.2) is 0 Å². The van der Waals surface area contributed by atoms with Gasteiger partial charge in [0.05, 0.1) is 10.2 Å². The molecule has 0 aliphatic heterocycles. The fourth-order valence-electron chi connectivity index (χ4n) is 2.68. The summed E-state index contributed by atoms with van der Waals surface area (Å²) in [5.41, 5.74) is 1.23. The Hall–Kier alpha value is -0.640. The van der Waals surface area contributed by atoms with Crippen LogP contribution in [-0.2, 0) is 6.42 Å². The summed E-state index contributed by atoms with van der Waals surface area (Å²) in [6.07, 6.45) is 8.39. The van der Waals surface area contributed by atoms with Crippen LogP contribution in [0.4, 0.5) is 5.82 Å². The molecule has 0 saturated heterocycles. The summed E-state index contributed by atoms with van der Waals surface area (Å²) in [6.45, 7) is 5.32. The highest BCUT2D eigenvalue weighted by Gasteiger charge is 2.23. The number of rotatable bonds is 6. The molecule has 19 heavy (non-hydrogen) atoms. The zero-order chi connectivity index (χ0) is 13.7. The Balaban J connectivity index is 2.30. The lowest BCUT2D eigenvalue weighted by Crippen LogP contribution is -2.10. The Morgan fingerprint density at radius 2 is 1.89 bits per heavy atom. The van der Waals surface area contributed by atoms with Crippen molar-refractivity contribution < 1.29 is 0 Å². The summed E-state index contributed by atoms with van der Waals surface area (Å²) in [4.78, 5) is 9.48. The van der Waals surface area contributed by atoms with E-state index in [4.69, 9.17) is 4.98 Å². The van der Waals surface area contributed by atoms with Crippen molar-refractivity contribution in [2.24, 2.45) is 0 Å². The first-order valence-electron chi connectivity index (χ1n) is 7.56. The van der Waals surface area contributed by atoms with Crippen LogP contribution in [0.1, 0.15) is 69.8 Å². The third-order valence-corrected chi connectivity index (χ3v) is 4.46. The van der Waals surface area contributed by atoms with E-state index < -0.39 is 0 Å². The van der Waals surface area contributed by atoms with Crippen LogP contribution < -0.4 is 5.32 Å². The molecule has 106 valence electrons. The van der Waals surface area contributed by atoms with Gasteiger partial charge in [0.25, 0.3) is 0 Å². The highest BCUT2D eigenvalue weighted by atomic mass is 79.9. The van der Waals surface area contributed by atoms with E-state index in [1.165, 1.54) is 31.4 Å². The number of anilines is 1. The number of hydrogen-bond donors (Lipinski definition) is 1. The van der Waals surface area contributed by atoms with Crippen molar-refractivity contribution in [2.45, 2.75) is 64.7 Å². The quantitative estimate of drug-likeness (QED) is 0.825. The second-order valence-corrected chi connectivity index (χ2v) is 6.14. The molecule has 0 amide bonds. The van der Waals surface area contributed by atoms with Gasteiger partial charge in [-0.15, -0.1) is 0 Å². The molecular weight excluding hydrogens is 302 g/mol. The van der Waals surface area contributed by atoms with Crippen LogP contribution in [0.2, 0.25) is 0 Å². The van der Waals surface area contributed by atoms with Gasteiger partial charge in [0, 0.05) is 18.9 Å². The average molecular weight is 326 g/mol. The maximum Gasteiger partial charge on any atom is 0.144 e. The Morgan fingerprint density at radius 3 is 2.53 bits per heavy atom. The van der Waals surface area contributed by atoms with E-state index in [-0.39, 0.29) is 0 Å². The van der Waals surface area contributed by atoms with Crippen molar-refractivity contribution in [1.82, 2.24) is 9.97 Å². The van der Waals surface area contributed by atoms with Gasteiger partial charge in [0.2, 0.25) is 0 Å². The number of hydrogen-bond acceptors (Lipinski definition) is 3. The van der Waals surface area contributed by atoms with Crippen molar-refractivity contribution >= 4 is 21.7 Å². The van der Waals surface area contributed by atoms with Gasteiger partial charge in [-0.1, -0.05) is 26.7 Å². The molecule has 0 spiro atoms. The van der Waals surface area contributed by atoms with Crippen LogP contribution in [0, 0.1) is 0 Å². The van der Waals surface area contributed by atoms with Gasteiger partial charge < -0.3 is 5.32 Å². The normalized spacial score (nSPS) is 15.9. The zero-order valence-electron chi connectivity index (χ0n) is 12.0. The topological polar surface area (TPSA) is 37.8 Å². The molecule has 1 saturated carbocycles. The molecular formula is C15H24BrN3. The minimum atomic E-state index is 0.621. The molecule has 1 heterocycles. The Labute approximate surface area is 124 Å². The molecule has 0 atom stereocenters. The molecule has 4 heteroatoms. The maximum absolute atomic E-state index is 4.81. The van der Waals surface area contributed by atoms with Crippen molar-refractivity contribution in [3.63, 3.8) is 0 Å². The highest BCUT2D eigenvalue weighted by molar-refractivity contribution is 9.10. The van der Waals surface area contributed by atoms with Gasteiger partial charge >= 0.3 is 0 Å². The number of aryl methyl sites for hydroxylation is 1. The molecule has 1 aromatic rings. The first kappa shape index (κ1) is 14.8. The fraction of sp³-hybridized carbons (Fsp3) is 0.733. The van der Waals surface area contributed by atoms with E-state index in [0.29, 0.717) is 5.92 Å². The van der Waals surface area contributed by atoms with Crippen molar-refractivity contribution in [1.29, 1.82) is 0 Å². The van der Waals surface area contributed by atoms with E-state index in [1.807, 2.05) is 0 Å². The van der Waals surface area contributed by atoms with Gasteiger partial charge in [-0.25, -0.2) is 9.97 Å². The predicted octanol–water partition coefficient (Wildman–Crippen LogP) is 4.67. The lowest BCUT2D eigenvalue weighted by Gasteiger charge is -2.16. The molecule has 0 unspecified atom stereocenters. The van der Waals surface area contributed by atoms with E-state index in [9.17, 15) is 0 Å². The summed E-state index contributed by atoms with van der Waals surface area (Å²) in [6, 6.07) is 0. The van der Waals surface area contributed by atoms with E-state index in [0.717, 1.165) is 41.9 Å². The zero-order valence-corrected chi connectivity index (χ0v) is 13.6. The van der Waals surface area contributed by atoms with Crippen LogP contribution in [0.5, 0.6) is 0 Å². The minimum absolute atomic E-state index is 0.621. The molecule has 0 radical (unpaired) electrons. The number of aromatic nitrogens is 2. The molecule has 1 fully saturated rings. The molecule has 0 bridgehead atoms. The molecule has 1 aromatic heterocycles. The number of halogens is 1. The van der Waals surface area contributed by atoms with Crippen LogP contribution in [0.25, 0.3) is 0 Å². The van der Waals surface area contributed by atoms with Gasteiger partial charge in [-0.05, 0) is 41.6 Å². The van der Waals surface area contributed by atoms with E-state index in [2.05, 4.69) is 40.1 Å². The Kier molecular flexibility index (Phi) is 5.61. The summed E-state index contributed by atoms with van der Waals surface area (Å²) in [5.74, 6) is 2.60. The van der Waals surface area contributed by atoms with E-state index >= 15 is 0 Å². The lowest BCUT2D eigenvalue weighted by atomic mass is 10.0. The van der Waals surface area contributed by atoms with Gasteiger partial charge in [0.1, 0.15) is 11.6 Å². The summed E-state index contributed by atoms with van der Waals surface area (Å²) < 4.78 is 1.09. The largest absolute Gasteiger partial charge is 0.369 e. The van der Waals surface area contributed by atoms with Crippen molar-refractivity contribution in [2.75, 3.05) is 11.9 Å². The maximum atomic E-state index is 4.81. The van der Waals surface area contributed by atoms with Gasteiger partial charge in [-0.3, -0.25) is 0 Å². The predicted molar refractivity (Wildman–Crippen MR) is 83.7 cm³/mol. The Morgan fingerprint density at radius 1 is 1.16 bits per heavy atom.